The first kappa shape index (κ1) is 17.2. The smallest absolute Gasteiger partial charge is 0.332 e. The number of carbonyl (C=O) groups excluding carboxylic acids is 2. The van der Waals surface area contributed by atoms with Gasteiger partial charge in [-0.2, -0.15) is 0 Å². The third-order valence-corrected chi connectivity index (χ3v) is 4.20. The number of nitrogens with zero attached hydrogens (tertiary/aromatic N) is 2. The summed E-state index contributed by atoms with van der Waals surface area (Å²) >= 11 is 5.81. The monoisotopic (exact) mass is 362 g/mol. The Bertz CT molecular complexity index is 780. The van der Waals surface area contributed by atoms with Gasteiger partial charge in [-0.1, -0.05) is 11.6 Å². The van der Waals surface area contributed by atoms with Crippen molar-refractivity contribution in [3.05, 3.63) is 59.4 Å². The van der Waals surface area contributed by atoms with Crippen molar-refractivity contribution in [2.75, 3.05) is 18.1 Å². The van der Waals surface area contributed by atoms with E-state index in [4.69, 9.17) is 16.3 Å². The van der Waals surface area contributed by atoms with Gasteiger partial charge in [0.2, 0.25) is 0 Å². The summed E-state index contributed by atoms with van der Waals surface area (Å²) in [7, 11) is 0. The standard InChI is InChI=1S/C18H16ClFN2O3/c1-12-17(23)21(10-11-25-16-8-2-13(19)3-9-16)18(24)22(12)15-6-4-14(20)5-7-15/h2-9,12H,10-11H2,1H3/t12-/m1/s1. The minimum Gasteiger partial charge on any atom is -0.492 e. The molecule has 1 fully saturated rings. The summed E-state index contributed by atoms with van der Waals surface area (Å²) in [6, 6.07) is 11.2. The van der Waals surface area contributed by atoms with Gasteiger partial charge in [0, 0.05) is 10.7 Å². The molecule has 1 aliphatic heterocycles. The minimum atomic E-state index is -0.645. The zero-order chi connectivity index (χ0) is 18.0. The number of carbonyl (C=O) groups is 2. The predicted molar refractivity (Wildman–Crippen MR) is 92.4 cm³/mol. The van der Waals surface area contributed by atoms with Gasteiger partial charge in [0.05, 0.1) is 6.54 Å². The molecule has 2 aromatic carbocycles. The number of hydrogen-bond acceptors (Lipinski definition) is 3. The van der Waals surface area contributed by atoms with E-state index in [-0.39, 0.29) is 19.1 Å². The molecule has 25 heavy (non-hydrogen) atoms. The van der Waals surface area contributed by atoms with Crippen molar-refractivity contribution in [3.63, 3.8) is 0 Å². The predicted octanol–water partition coefficient (Wildman–Crippen LogP) is 3.72. The van der Waals surface area contributed by atoms with Crippen molar-refractivity contribution < 1.29 is 18.7 Å². The number of urea groups is 1. The Morgan fingerprint density at radius 1 is 1.08 bits per heavy atom. The maximum atomic E-state index is 13.1. The first-order valence-electron chi connectivity index (χ1n) is 7.76. The quantitative estimate of drug-likeness (QED) is 0.762. The van der Waals surface area contributed by atoms with Gasteiger partial charge in [-0.25, -0.2) is 9.18 Å². The van der Waals surface area contributed by atoms with E-state index < -0.39 is 17.9 Å². The van der Waals surface area contributed by atoms with E-state index in [0.717, 1.165) is 4.90 Å². The summed E-state index contributed by atoms with van der Waals surface area (Å²) in [5.74, 6) is -0.108. The Labute approximate surface area is 149 Å². The van der Waals surface area contributed by atoms with Crippen LogP contribution in [0.2, 0.25) is 5.02 Å². The van der Waals surface area contributed by atoms with Crippen LogP contribution in [0.5, 0.6) is 5.75 Å². The maximum absolute atomic E-state index is 13.1. The Kier molecular flexibility index (Phi) is 4.90. The molecule has 2 aromatic rings. The third kappa shape index (κ3) is 3.58. The van der Waals surface area contributed by atoms with E-state index in [1.54, 1.807) is 31.2 Å². The molecule has 0 aromatic heterocycles. The van der Waals surface area contributed by atoms with Crippen LogP contribution in [0, 0.1) is 5.82 Å². The molecule has 1 aliphatic rings. The number of halogens is 2. The van der Waals surface area contributed by atoms with E-state index in [9.17, 15) is 14.0 Å². The zero-order valence-corrected chi connectivity index (χ0v) is 14.2. The number of hydrogen-bond donors (Lipinski definition) is 0. The third-order valence-electron chi connectivity index (χ3n) is 3.95. The normalized spacial score (nSPS) is 17.3. The van der Waals surface area contributed by atoms with Crippen molar-refractivity contribution in [1.29, 1.82) is 0 Å². The lowest BCUT2D eigenvalue weighted by Crippen LogP contribution is -2.36. The van der Waals surface area contributed by atoms with Crippen LogP contribution in [-0.2, 0) is 4.79 Å². The summed E-state index contributed by atoms with van der Waals surface area (Å²) in [6.07, 6.45) is 0. The molecule has 7 heteroatoms. The highest BCUT2D eigenvalue weighted by Gasteiger charge is 2.43. The average Bonchev–Trinajstić information content (AvgIpc) is 2.81. The summed E-state index contributed by atoms with van der Waals surface area (Å²) in [4.78, 5) is 27.4. The molecule has 1 heterocycles. The van der Waals surface area contributed by atoms with Gasteiger partial charge in [0.15, 0.2) is 0 Å². The van der Waals surface area contributed by atoms with Crippen molar-refractivity contribution in [1.82, 2.24) is 4.90 Å². The molecule has 1 atom stereocenters. The van der Waals surface area contributed by atoms with Gasteiger partial charge in [0.25, 0.3) is 5.91 Å². The highest BCUT2D eigenvalue weighted by atomic mass is 35.5. The van der Waals surface area contributed by atoms with Gasteiger partial charge in [-0.05, 0) is 55.5 Å². The van der Waals surface area contributed by atoms with E-state index in [2.05, 4.69) is 0 Å². The van der Waals surface area contributed by atoms with Crippen LogP contribution in [0.1, 0.15) is 6.92 Å². The van der Waals surface area contributed by atoms with E-state index in [1.807, 2.05) is 0 Å². The van der Waals surface area contributed by atoms with Crippen molar-refractivity contribution in [3.8, 4) is 5.75 Å². The first-order chi connectivity index (χ1) is 12.0. The molecule has 5 nitrogen and oxygen atoms in total. The lowest BCUT2D eigenvalue weighted by atomic mass is 10.2. The van der Waals surface area contributed by atoms with Gasteiger partial charge < -0.3 is 4.74 Å². The minimum absolute atomic E-state index is 0.127. The molecule has 0 bridgehead atoms. The molecule has 130 valence electrons. The highest BCUT2D eigenvalue weighted by molar-refractivity contribution is 6.30. The van der Waals surface area contributed by atoms with Crippen LogP contribution in [-0.4, -0.2) is 36.0 Å². The molecular weight excluding hydrogens is 347 g/mol. The fourth-order valence-corrected chi connectivity index (χ4v) is 2.78. The molecule has 1 saturated heterocycles. The molecular formula is C18H16ClFN2O3. The summed E-state index contributed by atoms with van der Waals surface area (Å²) in [5.41, 5.74) is 0.480. The van der Waals surface area contributed by atoms with Crippen LogP contribution < -0.4 is 9.64 Å². The number of rotatable bonds is 5. The molecule has 0 unspecified atom stereocenters. The van der Waals surface area contributed by atoms with Crippen LogP contribution in [0.25, 0.3) is 0 Å². The van der Waals surface area contributed by atoms with Crippen molar-refractivity contribution >= 4 is 29.2 Å². The summed E-state index contributed by atoms with van der Waals surface area (Å²) < 4.78 is 18.6. The van der Waals surface area contributed by atoms with Crippen LogP contribution in [0.3, 0.4) is 0 Å². The second-order valence-corrected chi connectivity index (χ2v) is 6.03. The number of anilines is 1. The van der Waals surface area contributed by atoms with E-state index in [0.29, 0.717) is 16.5 Å². The zero-order valence-electron chi connectivity index (χ0n) is 13.5. The van der Waals surface area contributed by atoms with E-state index >= 15 is 0 Å². The summed E-state index contributed by atoms with van der Waals surface area (Å²) in [5, 5.41) is 0.598. The number of imide groups is 1. The fraction of sp³-hybridized carbons (Fsp3) is 0.222. The fourth-order valence-electron chi connectivity index (χ4n) is 2.65. The van der Waals surface area contributed by atoms with Crippen LogP contribution >= 0.6 is 11.6 Å². The highest BCUT2D eigenvalue weighted by Crippen LogP contribution is 2.26. The van der Waals surface area contributed by atoms with Crippen molar-refractivity contribution in [2.45, 2.75) is 13.0 Å². The number of ether oxygens (including phenoxy) is 1. The molecule has 0 saturated carbocycles. The molecule has 3 rings (SSSR count). The van der Waals surface area contributed by atoms with Gasteiger partial charge in [-0.15, -0.1) is 0 Å². The van der Waals surface area contributed by atoms with Crippen LogP contribution in [0.4, 0.5) is 14.9 Å². The molecule has 0 radical (unpaired) electrons. The number of amides is 3. The van der Waals surface area contributed by atoms with Gasteiger partial charge >= 0.3 is 6.03 Å². The lowest BCUT2D eigenvalue weighted by Gasteiger charge is -2.19. The number of benzene rings is 2. The molecule has 3 amide bonds. The lowest BCUT2D eigenvalue weighted by molar-refractivity contribution is -0.127. The molecule has 0 aliphatic carbocycles. The van der Waals surface area contributed by atoms with Gasteiger partial charge in [-0.3, -0.25) is 14.6 Å². The largest absolute Gasteiger partial charge is 0.492 e. The SMILES string of the molecule is C[C@@H]1C(=O)N(CCOc2ccc(Cl)cc2)C(=O)N1c1ccc(F)cc1. The molecule has 0 spiro atoms. The second kappa shape index (κ2) is 7.11. The van der Waals surface area contributed by atoms with Gasteiger partial charge in [0.1, 0.15) is 24.2 Å². The Balaban J connectivity index is 1.65. The Hall–Kier alpha value is -2.60. The topological polar surface area (TPSA) is 49.9 Å². The Morgan fingerprint density at radius 3 is 2.36 bits per heavy atom. The van der Waals surface area contributed by atoms with E-state index in [1.165, 1.54) is 29.2 Å². The first-order valence-corrected chi connectivity index (χ1v) is 8.13. The maximum Gasteiger partial charge on any atom is 0.332 e. The second-order valence-electron chi connectivity index (χ2n) is 5.60. The Morgan fingerprint density at radius 2 is 1.72 bits per heavy atom. The average molecular weight is 363 g/mol. The summed E-state index contributed by atoms with van der Waals surface area (Å²) in [6.45, 7) is 1.94. The van der Waals surface area contributed by atoms with Crippen molar-refractivity contribution in [2.24, 2.45) is 0 Å². The van der Waals surface area contributed by atoms with Crippen LogP contribution in [0.15, 0.2) is 48.5 Å². The molecule has 0 N–H and O–H groups in total.